The second-order valence-electron chi connectivity index (χ2n) is 3.93. The van der Waals surface area contributed by atoms with Gasteiger partial charge in [0.05, 0.1) is 17.9 Å². The van der Waals surface area contributed by atoms with Crippen LogP contribution in [-0.2, 0) is 4.74 Å². The molecule has 0 aliphatic carbocycles. The van der Waals surface area contributed by atoms with Crippen molar-refractivity contribution in [1.29, 1.82) is 0 Å². The van der Waals surface area contributed by atoms with Gasteiger partial charge in [-0.05, 0) is 24.1 Å². The van der Waals surface area contributed by atoms with E-state index in [0.717, 1.165) is 0 Å². The second-order valence-corrected chi connectivity index (χ2v) is 4.12. The van der Waals surface area contributed by atoms with Crippen molar-refractivity contribution >= 4 is 29.1 Å². The van der Waals surface area contributed by atoms with Crippen LogP contribution in [0.2, 0.25) is 0 Å². The molecule has 0 radical (unpaired) electrons. The van der Waals surface area contributed by atoms with Crippen LogP contribution in [0.25, 0.3) is 0 Å². The molecule has 0 spiro atoms. The third-order valence-electron chi connectivity index (χ3n) is 1.85. The summed E-state index contributed by atoms with van der Waals surface area (Å²) in [6.45, 7) is 4.33. The number of hydrogen-bond acceptors (Lipinski definition) is 4. The molecule has 0 unspecified atom stereocenters. The predicted octanol–water partition coefficient (Wildman–Crippen LogP) is 2.65. The third-order valence-corrected chi connectivity index (χ3v) is 2.07. The molecule has 0 heterocycles. The van der Waals surface area contributed by atoms with Crippen molar-refractivity contribution in [2.45, 2.75) is 13.8 Å². The number of carbonyl (C=O) groups is 1. The molecule has 1 aromatic rings. The fourth-order valence-electron chi connectivity index (χ4n) is 1.15. The van der Waals surface area contributed by atoms with Gasteiger partial charge in [-0.3, -0.25) is 4.84 Å². The first kappa shape index (κ1) is 12.6. The van der Waals surface area contributed by atoms with Crippen molar-refractivity contribution in [3.8, 4) is 0 Å². The van der Waals surface area contributed by atoms with E-state index in [9.17, 15) is 4.79 Å². The van der Waals surface area contributed by atoms with Gasteiger partial charge in [0.15, 0.2) is 0 Å². The summed E-state index contributed by atoms with van der Waals surface area (Å²) in [7, 11) is 0. The standard InChI is InChI=1S/C11H15ClN2O2/c1-7(2)6-16-11(15)8-3-9(13)5-10(4-8)14-12/h3-5,7,14H,6,13H2,1-2H3. The minimum absolute atomic E-state index is 0.302. The number of ether oxygens (including phenoxy) is 1. The lowest BCUT2D eigenvalue weighted by Gasteiger charge is -2.08. The first-order valence-corrected chi connectivity index (χ1v) is 5.35. The smallest absolute Gasteiger partial charge is 0.338 e. The van der Waals surface area contributed by atoms with E-state index < -0.39 is 5.97 Å². The van der Waals surface area contributed by atoms with E-state index in [1.807, 2.05) is 13.8 Å². The number of anilines is 2. The SMILES string of the molecule is CC(C)COC(=O)c1cc(N)cc(NCl)c1. The topological polar surface area (TPSA) is 64.3 Å². The van der Waals surface area contributed by atoms with Gasteiger partial charge in [-0.1, -0.05) is 13.8 Å². The van der Waals surface area contributed by atoms with E-state index in [1.165, 1.54) is 0 Å². The van der Waals surface area contributed by atoms with Gasteiger partial charge in [0.2, 0.25) is 0 Å². The van der Waals surface area contributed by atoms with Crippen molar-refractivity contribution in [2.24, 2.45) is 5.92 Å². The molecular weight excluding hydrogens is 228 g/mol. The zero-order chi connectivity index (χ0) is 12.1. The third kappa shape index (κ3) is 3.62. The molecule has 3 N–H and O–H groups in total. The van der Waals surface area contributed by atoms with Crippen LogP contribution in [0, 0.1) is 5.92 Å². The van der Waals surface area contributed by atoms with Gasteiger partial charge >= 0.3 is 5.97 Å². The molecular formula is C11H15ClN2O2. The summed E-state index contributed by atoms with van der Waals surface area (Å²) in [4.78, 5) is 14.0. The van der Waals surface area contributed by atoms with E-state index in [-0.39, 0.29) is 0 Å². The van der Waals surface area contributed by atoms with E-state index in [2.05, 4.69) is 4.84 Å². The Kier molecular flexibility index (Phi) is 4.43. The van der Waals surface area contributed by atoms with Crippen molar-refractivity contribution in [2.75, 3.05) is 17.2 Å². The molecule has 1 aromatic carbocycles. The highest BCUT2D eigenvalue weighted by atomic mass is 35.5. The molecule has 0 aliphatic rings. The zero-order valence-corrected chi connectivity index (χ0v) is 10.0. The highest BCUT2D eigenvalue weighted by Gasteiger charge is 2.10. The lowest BCUT2D eigenvalue weighted by atomic mass is 10.2. The number of hydrogen-bond donors (Lipinski definition) is 2. The molecule has 0 aromatic heterocycles. The van der Waals surface area contributed by atoms with E-state index in [1.54, 1.807) is 18.2 Å². The van der Waals surface area contributed by atoms with Crippen LogP contribution in [0.3, 0.4) is 0 Å². The normalized spacial score (nSPS) is 10.2. The molecule has 4 nitrogen and oxygen atoms in total. The first-order chi connectivity index (χ1) is 7.52. The molecule has 0 fully saturated rings. The Morgan fingerprint density at radius 1 is 1.50 bits per heavy atom. The van der Waals surface area contributed by atoms with Gasteiger partial charge in [-0.15, -0.1) is 0 Å². The maximum atomic E-state index is 11.6. The van der Waals surface area contributed by atoms with Gasteiger partial charge in [-0.2, -0.15) is 0 Å². The van der Waals surface area contributed by atoms with E-state index in [4.69, 9.17) is 22.2 Å². The molecule has 1 rings (SSSR count). The molecule has 0 aliphatic heterocycles. The molecule has 0 amide bonds. The summed E-state index contributed by atoms with van der Waals surface area (Å²) in [5.41, 5.74) is 7.04. The molecule has 0 saturated heterocycles. The van der Waals surface area contributed by atoms with Crippen molar-refractivity contribution in [3.05, 3.63) is 23.8 Å². The molecule has 5 heteroatoms. The minimum Gasteiger partial charge on any atom is -0.462 e. The van der Waals surface area contributed by atoms with Crippen LogP contribution >= 0.6 is 11.8 Å². The van der Waals surface area contributed by atoms with Crippen molar-refractivity contribution in [3.63, 3.8) is 0 Å². The fraction of sp³-hybridized carbons (Fsp3) is 0.364. The van der Waals surface area contributed by atoms with Crippen LogP contribution in [0.15, 0.2) is 18.2 Å². The maximum Gasteiger partial charge on any atom is 0.338 e. The Bertz CT molecular complexity index is 380. The number of nitrogen functional groups attached to an aromatic ring is 1. The minimum atomic E-state index is -0.394. The molecule has 0 saturated carbocycles. The number of esters is 1. The second kappa shape index (κ2) is 5.61. The molecule has 0 bridgehead atoms. The first-order valence-electron chi connectivity index (χ1n) is 4.97. The summed E-state index contributed by atoms with van der Waals surface area (Å²) < 4.78 is 5.08. The monoisotopic (exact) mass is 242 g/mol. The Labute approximate surface area is 99.8 Å². The average Bonchev–Trinajstić information content (AvgIpc) is 2.24. The number of halogens is 1. The fourth-order valence-corrected chi connectivity index (χ4v) is 1.26. The largest absolute Gasteiger partial charge is 0.462 e. The summed E-state index contributed by atoms with van der Waals surface area (Å²) >= 11 is 5.45. The summed E-state index contributed by atoms with van der Waals surface area (Å²) in [6, 6.07) is 4.78. The Morgan fingerprint density at radius 2 is 2.19 bits per heavy atom. The summed E-state index contributed by atoms with van der Waals surface area (Å²) in [5, 5.41) is 0. The highest BCUT2D eigenvalue weighted by Crippen LogP contribution is 2.18. The number of nitrogens with two attached hydrogens (primary N) is 1. The number of benzene rings is 1. The highest BCUT2D eigenvalue weighted by molar-refractivity contribution is 6.24. The van der Waals surface area contributed by atoms with E-state index in [0.29, 0.717) is 29.5 Å². The van der Waals surface area contributed by atoms with Crippen molar-refractivity contribution in [1.82, 2.24) is 0 Å². The number of rotatable bonds is 4. The van der Waals surface area contributed by atoms with Crippen LogP contribution in [-0.4, -0.2) is 12.6 Å². The van der Waals surface area contributed by atoms with Crippen LogP contribution in [0.4, 0.5) is 11.4 Å². The maximum absolute atomic E-state index is 11.6. The lowest BCUT2D eigenvalue weighted by Crippen LogP contribution is -2.10. The van der Waals surface area contributed by atoms with Gasteiger partial charge in [-0.25, -0.2) is 4.79 Å². The Hall–Kier alpha value is -1.42. The van der Waals surface area contributed by atoms with Crippen molar-refractivity contribution < 1.29 is 9.53 Å². The zero-order valence-electron chi connectivity index (χ0n) is 9.29. The van der Waals surface area contributed by atoms with Crippen LogP contribution < -0.4 is 10.6 Å². The van der Waals surface area contributed by atoms with Crippen LogP contribution in [0.5, 0.6) is 0 Å². The van der Waals surface area contributed by atoms with Gasteiger partial charge in [0.1, 0.15) is 0 Å². The van der Waals surface area contributed by atoms with Crippen LogP contribution in [0.1, 0.15) is 24.2 Å². The molecule has 0 atom stereocenters. The average molecular weight is 243 g/mol. The summed E-state index contributed by atoms with van der Waals surface area (Å²) in [6.07, 6.45) is 0. The molecule has 88 valence electrons. The Balaban J connectivity index is 2.78. The number of nitrogens with one attached hydrogen (secondary N) is 1. The Morgan fingerprint density at radius 3 is 2.75 bits per heavy atom. The molecule has 16 heavy (non-hydrogen) atoms. The predicted molar refractivity (Wildman–Crippen MR) is 65.5 cm³/mol. The number of carbonyl (C=O) groups excluding carboxylic acids is 1. The van der Waals surface area contributed by atoms with E-state index >= 15 is 0 Å². The summed E-state index contributed by atoms with van der Waals surface area (Å²) in [5.74, 6) is -0.0928. The van der Waals surface area contributed by atoms with Gasteiger partial charge in [0, 0.05) is 17.5 Å². The van der Waals surface area contributed by atoms with Gasteiger partial charge in [0.25, 0.3) is 0 Å². The quantitative estimate of drug-likeness (QED) is 0.484. The van der Waals surface area contributed by atoms with Gasteiger partial charge < -0.3 is 10.5 Å². The lowest BCUT2D eigenvalue weighted by molar-refractivity contribution is 0.0459.